The molecule has 0 amide bonds. The molecule has 5 heteroatoms. The lowest BCUT2D eigenvalue weighted by molar-refractivity contribution is 0.0926. The van der Waals surface area contributed by atoms with E-state index in [0.717, 1.165) is 12.2 Å². The van der Waals surface area contributed by atoms with Gasteiger partial charge in [0.15, 0.2) is 5.96 Å². The number of hydrogen-bond acceptors (Lipinski definition) is 3. The summed E-state index contributed by atoms with van der Waals surface area (Å²) in [6.45, 7) is 2.34. The molecule has 5 nitrogen and oxygen atoms in total. The number of rotatable bonds is 2. The number of guanidine groups is 1. The van der Waals surface area contributed by atoms with Gasteiger partial charge < -0.3 is 21.9 Å². The van der Waals surface area contributed by atoms with Crippen LogP contribution < -0.4 is 17.2 Å². The smallest absolute Gasteiger partial charge is 0.186 e. The molecule has 2 atom stereocenters. The zero-order valence-electron chi connectivity index (χ0n) is 7.73. The van der Waals surface area contributed by atoms with Crippen LogP contribution in [0, 0.1) is 0 Å². The Kier molecular flexibility index (Phi) is 3.13. The van der Waals surface area contributed by atoms with E-state index in [1.165, 1.54) is 0 Å². The summed E-state index contributed by atoms with van der Waals surface area (Å²) in [5.41, 5.74) is 16.1. The first-order valence-electron chi connectivity index (χ1n) is 4.26. The molecule has 13 heavy (non-hydrogen) atoms. The molecule has 0 saturated carbocycles. The SMILES string of the molecule is C[C@H]1OC(CN=C(N)N)=CC[C@H]1N. The summed E-state index contributed by atoms with van der Waals surface area (Å²) in [7, 11) is 0. The van der Waals surface area contributed by atoms with Gasteiger partial charge in [0.05, 0.1) is 6.54 Å². The van der Waals surface area contributed by atoms with Crippen molar-refractivity contribution >= 4 is 5.96 Å². The quantitative estimate of drug-likeness (QED) is 0.389. The summed E-state index contributed by atoms with van der Waals surface area (Å²) in [6, 6.07) is 0.0722. The third-order valence-corrected chi connectivity index (χ3v) is 1.98. The van der Waals surface area contributed by atoms with Gasteiger partial charge in [-0.3, -0.25) is 0 Å². The molecule has 0 spiro atoms. The van der Waals surface area contributed by atoms with E-state index in [-0.39, 0.29) is 18.1 Å². The maximum atomic E-state index is 5.74. The first-order chi connectivity index (χ1) is 6.09. The van der Waals surface area contributed by atoms with E-state index >= 15 is 0 Å². The third-order valence-electron chi connectivity index (χ3n) is 1.98. The summed E-state index contributed by atoms with van der Waals surface area (Å²) in [4.78, 5) is 3.85. The molecule has 1 rings (SSSR count). The van der Waals surface area contributed by atoms with Crippen LogP contribution in [0.5, 0.6) is 0 Å². The van der Waals surface area contributed by atoms with E-state index in [0.29, 0.717) is 6.54 Å². The molecule has 6 N–H and O–H groups in total. The molecule has 0 saturated heterocycles. The van der Waals surface area contributed by atoms with Crippen molar-refractivity contribution in [3.63, 3.8) is 0 Å². The molecule has 1 heterocycles. The van der Waals surface area contributed by atoms with E-state index in [9.17, 15) is 0 Å². The highest BCUT2D eigenvalue weighted by atomic mass is 16.5. The van der Waals surface area contributed by atoms with E-state index in [4.69, 9.17) is 21.9 Å². The summed E-state index contributed by atoms with van der Waals surface area (Å²) >= 11 is 0. The number of ether oxygens (including phenoxy) is 1. The standard InChI is InChI=1S/C8H16N4O/c1-5-7(9)3-2-6(13-5)4-12-8(10)11/h2,5,7H,3-4,9H2,1H3,(H4,10,11,12)/t5-,7-/m1/s1. The Hall–Kier alpha value is -1.23. The maximum Gasteiger partial charge on any atom is 0.186 e. The van der Waals surface area contributed by atoms with Gasteiger partial charge in [0, 0.05) is 6.04 Å². The van der Waals surface area contributed by atoms with E-state index in [2.05, 4.69) is 4.99 Å². The van der Waals surface area contributed by atoms with Crippen LogP contribution in [0.25, 0.3) is 0 Å². The second kappa shape index (κ2) is 4.13. The fourth-order valence-electron chi connectivity index (χ4n) is 1.10. The van der Waals surface area contributed by atoms with Gasteiger partial charge in [0.1, 0.15) is 11.9 Å². The predicted molar refractivity (Wildman–Crippen MR) is 51.9 cm³/mol. The molecule has 0 aromatic carbocycles. The van der Waals surface area contributed by atoms with E-state index in [1.807, 2.05) is 13.0 Å². The van der Waals surface area contributed by atoms with Crippen molar-refractivity contribution in [3.05, 3.63) is 11.8 Å². The van der Waals surface area contributed by atoms with Crippen molar-refractivity contribution in [2.45, 2.75) is 25.5 Å². The Bertz CT molecular complexity index is 232. The van der Waals surface area contributed by atoms with Crippen molar-refractivity contribution < 1.29 is 4.74 Å². The highest BCUT2D eigenvalue weighted by Crippen LogP contribution is 2.15. The van der Waals surface area contributed by atoms with Crippen molar-refractivity contribution in [1.29, 1.82) is 0 Å². The van der Waals surface area contributed by atoms with Gasteiger partial charge in [-0.1, -0.05) is 0 Å². The molecule has 0 aromatic heterocycles. The predicted octanol–water partition coefficient (Wildman–Crippen LogP) is -0.720. The van der Waals surface area contributed by atoms with Crippen LogP contribution in [-0.4, -0.2) is 24.7 Å². The lowest BCUT2D eigenvalue weighted by atomic mass is 10.1. The fraction of sp³-hybridized carbons (Fsp3) is 0.625. The minimum atomic E-state index is 0.0363. The van der Waals surface area contributed by atoms with Gasteiger partial charge in [-0.2, -0.15) is 0 Å². The molecule has 0 aliphatic carbocycles. The molecule has 0 aromatic rings. The van der Waals surface area contributed by atoms with Crippen LogP contribution in [0.2, 0.25) is 0 Å². The largest absolute Gasteiger partial charge is 0.492 e. The first-order valence-corrected chi connectivity index (χ1v) is 4.26. The Labute approximate surface area is 77.6 Å². The van der Waals surface area contributed by atoms with Gasteiger partial charge in [0.2, 0.25) is 0 Å². The van der Waals surface area contributed by atoms with E-state index < -0.39 is 0 Å². The zero-order chi connectivity index (χ0) is 9.84. The molecular formula is C8H16N4O. The third kappa shape index (κ3) is 2.95. The van der Waals surface area contributed by atoms with Gasteiger partial charge in [-0.25, -0.2) is 4.99 Å². The molecular weight excluding hydrogens is 168 g/mol. The topological polar surface area (TPSA) is 99.6 Å². The number of hydrogen-bond donors (Lipinski definition) is 3. The van der Waals surface area contributed by atoms with Crippen LogP contribution >= 0.6 is 0 Å². The molecule has 1 aliphatic rings. The Morgan fingerprint density at radius 2 is 2.38 bits per heavy atom. The van der Waals surface area contributed by atoms with Crippen molar-refractivity contribution in [2.24, 2.45) is 22.2 Å². The van der Waals surface area contributed by atoms with Crippen LogP contribution in [0.4, 0.5) is 0 Å². The molecule has 0 fully saturated rings. The van der Waals surface area contributed by atoms with Crippen molar-refractivity contribution in [3.8, 4) is 0 Å². The van der Waals surface area contributed by atoms with Crippen LogP contribution in [0.15, 0.2) is 16.8 Å². The van der Waals surface area contributed by atoms with Crippen LogP contribution in [0.1, 0.15) is 13.3 Å². The summed E-state index contributed by atoms with van der Waals surface area (Å²) in [6.07, 6.45) is 2.78. The number of nitrogens with zero attached hydrogens (tertiary/aromatic N) is 1. The monoisotopic (exact) mass is 184 g/mol. The number of aliphatic imine (C=N–C) groups is 1. The van der Waals surface area contributed by atoms with Gasteiger partial charge in [-0.05, 0) is 19.4 Å². The summed E-state index contributed by atoms with van der Waals surface area (Å²) in [5.74, 6) is 0.870. The van der Waals surface area contributed by atoms with Gasteiger partial charge in [-0.15, -0.1) is 0 Å². The Morgan fingerprint density at radius 1 is 1.69 bits per heavy atom. The molecule has 0 bridgehead atoms. The second-order valence-electron chi connectivity index (χ2n) is 3.13. The zero-order valence-corrected chi connectivity index (χ0v) is 7.73. The lowest BCUT2D eigenvalue weighted by Gasteiger charge is -2.26. The molecule has 1 aliphatic heterocycles. The van der Waals surface area contributed by atoms with Crippen molar-refractivity contribution in [1.82, 2.24) is 0 Å². The summed E-state index contributed by atoms with van der Waals surface area (Å²) in [5, 5.41) is 0. The lowest BCUT2D eigenvalue weighted by Crippen LogP contribution is -2.37. The van der Waals surface area contributed by atoms with Gasteiger partial charge in [0.25, 0.3) is 0 Å². The van der Waals surface area contributed by atoms with Gasteiger partial charge >= 0.3 is 0 Å². The Morgan fingerprint density at radius 3 is 2.92 bits per heavy atom. The number of nitrogens with two attached hydrogens (primary N) is 3. The normalized spacial score (nSPS) is 27.4. The average molecular weight is 184 g/mol. The minimum Gasteiger partial charge on any atom is -0.492 e. The fourth-order valence-corrected chi connectivity index (χ4v) is 1.10. The average Bonchev–Trinajstić information content (AvgIpc) is 2.07. The maximum absolute atomic E-state index is 5.74. The molecule has 0 unspecified atom stereocenters. The molecule has 74 valence electrons. The highest BCUT2D eigenvalue weighted by Gasteiger charge is 2.19. The Balaban J connectivity index is 2.49. The molecule has 0 radical (unpaired) electrons. The second-order valence-corrected chi connectivity index (χ2v) is 3.13. The first kappa shape index (κ1) is 9.85. The van der Waals surface area contributed by atoms with Crippen LogP contribution in [0.3, 0.4) is 0 Å². The van der Waals surface area contributed by atoms with E-state index in [1.54, 1.807) is 0 Å². The summed E-state index contributed by atoms with van der Waals surface area (Å²) < 4.78 is 5.47. The minimum absolute atomic E-state index is 0.0363. The highest BCUT2D eigenvalue weighted by molar-refractivity contribution is 5.75. The van der Waals surface area contributed by atoms with Crippen LogP contribution in [-0.2, 0) is 4.74 Å². The van der Waals surface area contributed by atoms with Crippen molar-refractivity contribution in [2.75, 3.05) is 6.54 Å².